The van der Waals surface area contributed by atoms with Crippen molar-refractivity contribution < 1.29 is 14.7 Å². The Morgan fingerprint density at radius 2 is 2.20 bits per heavy atom. The Hall–Kier alpha value is -1.82. The molecule has 0 aliphatic heterocycles. The maximum atomic E-state index is 11.4. The van der Waals surface area contributed by atoms with Crippen LogP contribution in [-0.4, -0.2) is 28.0 Å². The molecule has 0 saturated carbocycles. The van der Waals surface area contributed by atoms with Gasteiger partial charge in [0, 0.05) is 34.4 Å². The normalized spacial score (nSPS) is 12.3. The number of halogens is 1. The largest absolute Gasteiger partial charge is 0.480 e. The van der Waals surface area contributed by atoms with Crippen molar-refractivity contribution in [2.45, 2.75) is 25.8 Å². The molecule has 0 aliphatic rings. The first-order valence-electron chi connectivity index (χ1n) is 6.29. The van der Waals surface area contributed by atoms with Crippen molar-refractivity contribution in [1.29, 1.82) is 0 Å². The van der Waals surface area contributed by atoms with Gasteiger partial charge < -0.3 is 15.4 Å². The van der Waals surface area contributed by atoms with Crippen LogP contribution in [0.2, 0.25) is 0 Å². The maximum Gasteiger partial charge on any atom is 0.326 e. The van der Waals surface area contributed by atoms with Crippen LogP contribution in [0.25, 0.3) is 10.9 Å². The summed E-state index contributed by atoms with van der Waals surface area (Å²) in [5.41, 5.74) is 1.79. The van der Waals surface area contributed by atoms with Gasteiger partial charge in [0.15, 0.2) is 0 Å². The number of hydrogen-bond donors (Lipinski definition) is 3. The number of aliphatic carboxylic acids is 1. The summed E-state index contributed by atoms with van der Waals surface area (Å²) in [4.78, 5) is 25.8. The smallest absolute Gasteiger partial charge is 0.326 e. The van der Waals surface area contributed by atoms with Gasteiger partial charge in [0.2, 0.25) is 5.91 Å². The Bertz CT molecular complexity index is 651. The molecule has 5 nitrogen and oxygen atoms in total. The first kappa shape index (κ1) is 14.6. The number of benzene rings is 1. The standard InChI is InChI=1S/C14H15BrN2O3/c1-2-12(18)17-11(14(19)20)6-8-7-16-10-5-3-4-9(15)13(8)10/h3-5,7,11,16H,2,6H2,1H3,(H,17,18)(H,19,20). The number of H-pyrrole nitrogens is 1. The molecule has 3 N–H and O–H groups in total. The van der Waals surface area contributed by atoms with E-state index in [9.17, 15) is 14.7 Å². The number of amides is 1. The van der Waals surface area contributed by atoms with Gasteiger partial charge in [0.05, 0.1) is 0 Å². The molecule has 106 valence electrons. The van der Waals surface area contributed by atoms with Crippen LogP contribution < -0.4 is 5.32 Å². The molecule has 1 atom stereocenters. The van der Waals surface area contributed by atoms with Gasteiger partial charge in [0.1, 0.15) is 6.04 Å². The van der Waals surface area contributed by atoms with Crippen LogP contribution in [-0.2, 0) is 16.0 Å². The zero-order valence-corrected chi connectivity index (χ0v) is 12.5. The molecule has 6 heteroatoms. The Kier molecular flexibility index (Phi) is 4.44. The fourth-order valence-electron chi connectivity index (χ4n) is 2.09. The summed E-state index contributed by atoms with van der Waals surface area (Å²) in [6.07, 6.45) is 2.29. The topological polar surface area (TPSA) is 82.2 Å². The maximum absolute atomic E-state index is 11.4. The molecule has 1 amide bonds. The molecule has 0 fully saturated rings. The van der Waals surface area contributed by atoms with E-state index in [1.54, 1.807) is 13.1 Å². The Morgan fingerprint density at radius 1 is 1.45 bits per heavy atom. The molecular formula is C14H15BrN2O3. The second-order valence-corrected chi connectivity index (χ2v) is 5.35. The first-order chi connectivity index (χ1) is 9.52. The Balaban J connectivity index is 2.29. The van der Waals surface area contributed by atoms with Crippen molar-refractivity contribution in [3.63, 3.8) is 0 Å². The second-order valence-electron chi connectivity index (χ2n) is 4.49. The average molecular weight is 339 g/mol. The summed E-state index contributed by atoms with van der Waals surface area (Å²) >= 11 is 3.46. The van der Waals surface area contributed by atoms with Gasteiger partial charge in [-0.1, -0.05) is 28.9 Å². The SMILES string of the molecule is CCC(=O)NC(Cc1c[nH]c2cccc(Br)c12)C(=O)O. The number of aromatic amines is 1. The number of carbonyl (C=O) groups excluding carboxylic acids is 1. The summed E-state index contributed by atoms with van der Waals surface area (Å²) < 4.78 is 0.900. The summed E-state index contributed by atoms with van der Waals surface area (Å²) in [5.74, 6) is -1.30. The molecule has 1 heterocycles. The van der Waals surface area contributed by atoms with Gasteiger partial charge in [-0.3, -0.25) is 4.79 Å². The van der Waals surface area contributed by atoms with Gasteiger partial charge >= 0.3 is 5.97 Å². The highest BCUT2D eigenvalue weighted by molar-refractivity contribution is 9.10. The van der Waals surface area contributed by atoms with E-state index in [0.29, 0.717) is 0 Å². The van der Waals surface area contributed by atoms with Crippen LogP contribution in [0.4, 0.5) is 0 Å². The van der Waals surface area contributed by atoms with E-state index >= 15 is 0 Å². The van der Waals surface area contributed by atoms with Gasteiger partial charge in [-0.05, 0) is 17.7 Å². The number of carboxylic acid groups (broad SMARTS) is 1. The predicted octanol–water partition coefficient (Wildman–Crippen LogP) is 2.45. The molecule has 1 aromatic carbocycles. The van der Waals surface area contributed by atoms with E-state index in [1.165, 1.54) is 0 Å². The Labute approximate surface area is 124 Å². The van der Waals surface area contributed by atoms with Crippen molar-refractivity contribution in [3.8, 4) is 0 Å². The number of rotatable bonds is 5. The van der Waals surface area contributed by atoms with Gasteiger partial charge in [-0.25, -0.2) is 4.79 Å². The van der Waals surface area contributed by atoms with Crippen molar-refractivity contribution in [2.75, 3.05) is 0 Å². The minimum atomic E-state index is -1.03. The lowest BCUT2D eigenvalue weighted by Crippen LogP contribution is -2.41. The summed E-state index contributed by atoms with van der Waals surface area (Å²) in [6, 6.07) is 4.80. The molecule has 2 aromatic rings. The Morgan fingerprint density at radius 3 is 2.85 bits per heavy atom. The highest BCUT2D eigenvalue weighted by atomic mass is 79.9. The number of hydrogen-bond acceptors (Lipinski definition) is 2. The molecule has 1 unspecified atom stereocenters. The van der Waals surface area contributed by atoms with E-state index in [0.717, 1.165) is 20.9 Å². The van der Waals surface area contributed by atoms with E-state index in [-0.39, 0.29) is 18.7 Å². The number of aromatic nitrogens is 1. The van der Waals surface area contributed by atoms with Crippen LogP contribution in [0, 0.1) is 0 Å². The zero-order chi connectivity index (χ0) is 14.7. The quantitative estimate of drug-likeness (QED) is 0.783. The first-order valence-corrected chi connectivity index (χ1v) is 7.09. The second kappa shape index (κ2) is 6.09. The zero-order valence-electron chi connectivity index (χ0n) is 10.9. The molecule has 2 rings (SSSR count). The van der Waals surface area contributed by atoms with Crippen molar-refractivity contribution in [3.05, 3.63) is 34.4 Å². The fourth-order valence-corrected chi connectivity index (χ4v) is 2.71. The fraction of sp³-hybridized carbons (Fsp3) is 0.286. The molecule has 0 radical (unpaired) electrons. The van der Waals surface area contributed by atoms with Crippen molar-refractivity contribution >= 4 is 38.7 Å². The minimum absolute atomic E-state index is 0.240. The number of fused-ring (bicyclic) bond motifs is 1. The monoisotopic (exact) mass is 338 g/mol. The van der Waals surface area contributed by atoms with Crippen LogP contribution in [0.5, 0.6) is 0 Å². The lowest BCUT2D eigenvalue weighted by atomic mass is 10.0. The molecule has 0 aliphatic carbocycles. The van der Waals surface area contributed by atoms with E-state index in [4.69, 9.17) is 0 Å². The summed E-state index contributed by atoms with van der Waals surface area (Å²) in [7, 11) is 0. The van der Waals surface area contributed by atoms with Gasteiger partial charge in [0.25, 0.3) is 0 Å². The van der Waals surface area contributed by atoms with E-state index in [2.05, 4.69) is 26.2 Å². The molecule has 0 spiro atoms. The highest BCUT2D eigenvalue weighted by Crippen LogP contribution is 2.27. The number of nitrogens with one attached hydrogen (secondary N) is 2. The lowest BCUT2D eigenvalue weighted by Gasteiger charge is -2.13. The van der Waals surface area contributed by atoms with Crippen LogP contribution in [0.15, 0.2) is 28.9 Å². The third-order valence-electron chi connectivity index (χ3n) is 3.12. The highest BCUT2D eigenvalue weighted by Gasteiger charge is 2.21. The van der Waals surface area contributed by atoms with Crippen LogP contribution in [0.3, 0.4) is 0 Å². The minimum Gasteiger partial charge on any atom is -0.480 e. The van der Waals surface area contributed by atoms with Crippen LogP contribution in [0.1, 0.15) is 18.9 Å². The van der Waals surface area contributed by atoms with Crippen molar-refractivity contribution in [2.24, 2.45) is 0 Å². The third kappa shape index (κ3) is 3.01. The molecule has 0 saturated heterocycles. The van der Waals surface area contributed by atoms with E-state index < -0.39 is 12.0 Å². The summed E-state index contributed by atoms with van der Waals surface area (Å²) in [6.45, 7) is 1.69. The average Bonchev–Trinajstić information content (AvgIpc) is 2.82. The molecule has 1 aromatic heterocycles. The molecule has 0 bridgehead atoms. The number of carboxylic acids is 1. The van der Waals surface area contributed by atoms with E-state index in [1.807, 2.05) is 18.2 Å². The van der Waals surface area contributed by atoms with Gasteiger partial charge in [-0.2, -0.15) is 0 Å². The van der Waals surface area contributed by atoms with Crippen LogP contribution >= 0.6 is 15.9 Å². The third-order valence-corrected chi connectivity index (χ3v) is 3.78. The molecular weight excluding hydrogens is 324 g/mol. The summed E-state index contributed by atoms with van der Waals surface area (Å²) in [5, 5.41) is 12.7. The number of carbonyl (C=O) groups is 2. The van der Waals surface area contributed by atoms with Crippen molar-refractivity contribution in [1.82, 2.24) is 10.3 Å². The lowest BCUT2D eigenvalue weighted by molar-refractivity contribution is -0.141. The molecule has 20 heavy (non-hydrogen) atoms. The van der Waals surface area contributed by atoms with Gasteiger partial charge in [-0.15, -0.1) is 0 Å². The predicted molar refractivity (Wildman–Crippen MR) is 79.6 cm³/mol.